The molecular weight excluding hydrogens is 244 g/mol. The fourth-order valence-corrected chi connectivity index (χ4v) is 4.64. The monoisotopic (exact) mass is 280 g/mol. The third-order valence-corrected chi connectivity index (χ3v) is 6.12. The summed E-state index contributed by atoms with van der Waals surface area (Å²) in [6, 6.07) is 0. The minimum Gasteiger partial charge on any atom is -0.329 e. The zero-order chi connectivity index (χ0) is 14.4. The van der Waals surface area contributed by atoms with Gasteiger partial charge in [0.1, 0.15) is 0 Å². The number of likely N-dealkylation sites (tertiary alicyclic amines) is 1. The number of hydrogen-bond donors (Lipinski definition) is 1. The van der Waals surface area contributed by atoms with Gasteiger partial charge in [-0.1, -0.05) is 46.0 Å². The molecule has 1 saturated carbocycles. The summed E-state index contributed by atoms with van der Waals surface area (Å²) in [7, 11) is 0. The minimum absolute atomic E-state index is 0.344. The molecule has 0 aromatic heterocycles. The molecule has 3 unspecified atom stereocenters. The first kappa shape index (κ1) is 16.3. The van der Waals surface area contributed by atoms with Gasteiger partial charge in [-0.15, -0.1) is 0 Å². The Labute approximate surface area is 126 Å². The van der Waals surface area contributed by atoms with Crippen molar-refractivity contribution in [3.8, 4) is 0 Å². The predicted octanol–water partition coefficient (Wildman–Crippen LogP) is 4.19. The zero-order valence-electron chi connectivity index (χ0n) is 13.9. The molecule has 3 atom stereocenters. The van der Waals surface area contributed by atoms with Gasteiger partial charge in [0.15, 0.2) is 0 Å². The van der Waals surface area contributed by atoms with E-state index in [0.29, 0.717) is 5.54 Å². The molecule has 0 bridgehead atoms. The van der Waals surface area contributed by atoms with E-state index in [-0.39, 0.29) is 0 Å². The molecule has 2 fully saturated rings. The predicted molar refractivity (Wildman–Crippen MR) is 87.9 cm³/mol. The van der Waals surface area contributed by atoms with E-state index in [2.05, 4.69) is 18.7 Å². The van der Waals surface area contributed by atoms with Crippen LogP contribution in [-0.4, -0.2) is 30.1 Å². The maximum absolute atomic E-state index is 6.30. The molecule has 1 heterocycles. The molecule has 2 rings (SSSR count). The Balaban J connectivity index is 2.01. The average Bonchev–Trinajstić information content (AvgIpc) is 2.71. The Morgan fingerprint density at radius 3 is 2.55 bits per heavy atom. The fraction of sp³-hybridized carbons (Fsp3) is 1.00. The lowest BCUT2D eigenvalue weighted by Crippen LogP contribution is -2.56. The number of hydrogen-bond acceptors (Lipinski definition) is 2. The zero-order valence-corrected chi connectivity index (χ0v) is 13.9. The highest BCUT2D eigenvalue weighted by Crippen LogP contribution is 2.38. The Bertz CT molecular complexity index is 279. The number of nitrogens with two attached hydrogens (primary N) is 1. The molecule has 1 aliphatic carbocycles. The Hall–Kier alpha value is -0.0800. The van der Waals surface area contributed by atoms with Gasteiger partial charge < -0.3 is 5.73 Å². The lowest BCUT2D eigenvalue weighted by Gasteiger charge is -2.47. The van der Waals surface area contributed by atoms with Crippen molar-refractivity contribution in [3.63, 3.8) is 0 Å². The molecule has 0 radical (unpaired) electrons. The molecule has 0 aromatic rings. The van der Waals surface area contributed by atoms with Crippen molar-refractivity contribution in [2.24, 2.45) is 17.6 Å². The van der Waals surface area contributed by atoms with Crippen molar-refractivity contribution in [3.05, 3.63) is 0 Å². The van der Waals surface area contributed by atoms with E-state index in [1.54, 1.807) is 0 Å². The van der Waals surface area contributed by atoms with Crippen LogP contribution in [0.25, 0.3) is 0 Å². The molecule has 118 valence electrons. The van der Waals surface area contributed by atoms with Crippen LogP contribution in [0.2, 0.25) is 0 Å². The van der Waals surface area contributed by atoms with Crippen LogP contribution in [0, 0.1) is 11.8 Å². The first-order chi connectivity index (χ1) is 9.74. The summed E-state index contributed by atoms with van der Waals surface area (Å²) in [5, 5.41) is 0. The molecule has 2 aliphatic rings. The maximum atomic E-state index is 6.30. The van der Waals surface area contributed by atoms with E-state index in [9.17, 15) is 0 Å². The van der Waals surface area contributed by atoms with E-state index in [1.165, 1.54) is 77.3 Å². The van der Waals surface area contributed by atoms with Crippen molar-refractivity contribution in [2.75, 3.05) is 19.6 Å². The van der Waals surface area contributed by atoms with Crippen molar-refractivity contribution in [1.29, 1.82) is 0 Å². The van der Waals surface area contributed by atoms with Crippen molar-refractivity contribution < 1.29 is 0 Å². The highest BCUT2D eigenvalue weighted by Gasteiger charge is 2.39. The van der Waals surface area contributed by atoms with E-state index in [1.807, 2.05) is 0 Å². The summed E-state index contributed by atoms with van der Waals surface area (Å²) in [4.78, 5) is 2.80. The largest absolute Gasteiger partial charge is 0.329 e. The van der Waals surface area contributed by atoms with Gasteiger partial charge in [-0.05, 0) is 50.5 Å². The van der Waals surface area contributed by atoms with Crippen LogP contribution < -0.4 is 5.73 Å². The van der Waals surface area contributed by atoms with Gasteiger partial charge >= 0.3 is 0 Å². The normalized spacial score (nSPS) is 36.8. The Morgan fingerprint density at radius 1 is 1.05 bits per heavy atom. The SMILES string of the molecule is CCCC1CCCC(CN)(N2CCCC(CC)C2)CC1. The molecule has 0 spiro atoms. The second-order valence-corrected chi connectivity index (χ2v) is 7.38. The van der Waals surface area contributed by atoms with Crippen molar-refractivity contribution >= 4 is 0 Å². The molecule has 20 heavy (non-hydrogen) atoms. The topological polar surface area (TPSA) is 29.3 Å². The standard InChI is InChI=1S/C18H36N2/c1-3-7-17-8-5-11-18(15-19,12-10-17)20-13-6-9-16(4-2)14-20/h16-17H,3-15,19H2,1-2H3. The summed E-state index contributed by atoms with van der Waals surface area (Å²) in [5.41, 5.74) is 6.65. The van der Waals surface area contributed by atoms with Gasteiger partial charge in [-0.2, -0.15) is 0 Å². The van der Waals surface area contributed by atoms with Crippen LogP contribution in [0.4, 0.5) is 0 Å². The third kappa shape index (κ3) is 3.76. The van der Waals surface area contributed by atoms with E-state index < -0.39 is 0 Å². The van der Waals surface area contributed by atoms with Crippen molar-refractivity contribution in [1.82, 2.24) is 4.90 Å². The molecule has 2 heteroatoms. The average molecular weight is 280 g/mol. The summed E-state index contributed by atoms with van der Waals surface area (Å²) >= 11 is 0. The van der Waals surface area contributed by atoms with E-state index in [4.69, 9.17) is 5.73 Å². The Kier molecular flexibility index (Phi) is 6.35. The number of nitrogens with zero attached hydrogens (tertiary/aromatic N) is 1. The number of rotatable bonds is 5. The van der Waals surface area contributed by atoms with Crippen LogP contribution >= 0.6 is 0 Å². The van der Waals surface area contributed by atoms with E-state index in [0.717, 1.165) is 18.4 Å². The lowest BCUT2D eigenvalue weighted by molar-refractivity contribution is 0.0341. The van der Waals surface area contributed by atoms with Gasteiger partial charge in [0.25, 0.3) is 0 Å². The van der Waals surface area contributed by atoms with Crippen LogP contribution in [-0.2, 0) is 0 Å². The molecule has 0 amide bonds. The molecule has 2 N–H and O–H groups in total. The van der Waals surface area contributed by atoms with Crippen LogP contribution in [0.1, 0.15) is 78.1 Å². The van der Waals surface area contributed by atoms with Crippen molar-refractivity contribution in [2.45, 2.75) is 83.6 Å². The third-order valence-electron chi connectivity index (χ3n) is 6.12. The van der Waals surface area contributed by atoms with E-state index >= 15 is 0 Å². The molecular formula is C18H36N2. The second-order valence-electron chi connectivity index (χ2n) is 7.38. The quantitative estimate of drug-likeness (QED) is 0.765. The first-order valence-corrected chi connectivity index (χ1v) is 9.19. The molecule has 2 nitrogen and oxygen atoms in total. The van der Waals surface area contributed by atoms with Crippen LogP contribution in [0.3, 0.4) is 0 Å². The summed E-state index contributed by atoms with van der Waals surface area (Å²) in [6.45, 7) is 8.17. The van der Waals surface area contributed by atoms with Gasteiger partial charge in [-0.3, -0.25) is 4.90 Å². The highest BCUT2D eigenvalue weighted by atomic mass is 15.2. The maximum Gasteiger partial charge on any atom is 0.0331 e. The second kappa shape index (κ2) is 7.79. The Morgan fingerprint density at radius 2 is 1.85 bits per heavy atom. The minimum atomic E-state index is 0.344. The van der Waals surface area contributed by atoms with Crippen LogP contribution in [0.15, 0.2) is 0 Å². The van der Waals surface area contributed by atoms with Gasteiger partial charge in [0.2, 0.25) is 0 Å². The highest BCUT2D eigenvalue weighted by molar-refractivity contribution is 4.96. The lowest BCUT2D eigenvalue weighted by atomic mass is 9.83. The summed E-state index contributed by atoms with van der Waals surface area (Å²) in [6.07, 6.45) is 13.9. The first-order valence-electron chi connectivity index (χ1n) is 9.19. The smallest absolute Gasteiger partial charge is 0.0331 e. The van der Waals surface area contributed by atoms with Gasteiger partial charge in [0.05, 0.1) is 0 Å². The summed E-state index contributed by atoms with van der Waals surface area (Å²) in [5.74, 6) is 1.89. The molecule has 0 aromatic carbocycles. The number of piperidine rings is 1. The molecule has 1 saturated heterocycles. The van der Waals surface area contributed by atoms with Gasteiger partial charge in [-0.25, -0.2) is 0 Å². The molecule has 1 aliphatic heterocycles. The fourth-order valence-electron chi connectivity index (χ4n) is 4.64. The van der Waals surface area contributed by atoms with Gasteiger partial charge in [0, 0.05) is 18.6 Å². The van der Waals surface area contributed by atoms with Crippen LogP contribution in [0.5, 0.6) is 0 Å². The summed E-state index contributed by atoms with van der Waals surface area (Å²) < 4.78 is 0.